The van der Waals surface area contributed by atoms with Gasteiger partial charge in [-0.1, -0.05) is 43.3 Å². The molecule has 0 atom stereocenters. The van der Waals surface area contributed by atoms with Crippen LogP contribution in [0.2, 0.25) is 0 Å². The second-order valence-electron chi connectivity index (χ2n) is 16.0. The quantitative estimate of drug-likeness (QED) is 0.0799. The largest absolute Gasteiger partial charge is 0.439 e. The number of sulfonamides is 1. The lowest BCUT2D eigenvalue weighted by Crippen LogP contribution is -2.41. The molecular formula is C46H53ClF6N6O6S2. The van der Waals surface area contributed by atoms with Crippen LogP contribution in [0.5, 0.6) is 23.3 Å². The number of alkyl halides is 6. The highest BCUT2D eigenvalue weighted by Gasteiger charge is 2.31. The maximum atomic E-state index is 12.8. The lowest BCUT2D eigenvalue weighted by atomic mass is 9.93. The lowest BCUT2D eigenvalue weighted by Gasteiger charge is -2.26. The predicted octanol–water partition coefficient (Wildman–Crippen LogP) is 11.7. The van der Waals surface area contributed by atoms with E-state index in [0.717, 1.165) is 46.5 Å². The van der Waals surface area contributed by atoms with Crippen LogP contribution < -0.4 is 19.9 Å². The molecule has 0 amide bonds. The molecule has 2 heterocycles. The molecule has 12 nitrogen and oxygen atoms in total. The summed E-state index contributed by atoms with van der Waals surface area (Å²) in [5.41, 5.74) is 8.06. The van der Waals surface area contributed by atoms with Gasteiger partial charge in [0.2, 0.25) is 30.8 Å². The minimum absolute atomic E-state index is 0.00849. The van der Waals surface area contributed by atoms with E-state index in [-0.39, 0.29) is 17.3 Å². The SMILES string of the molecule is CCS(=O)(=O)Cl.CCn1nc(-c2cccc(C(C)(C)N)c2)cc1Oc1ccc(C(F)(F)F)cc1.CCn1nc(-c2cccc(C(C)(C)NS(=O)(=O)CC)c2)cc1Oc1ccc(C(F)(F)F)cc1. The van der Waals surface area contributed by atoms with Gasteiger partial charge in [0.1, 0.15) is 11.5 Å². The fourth-order valence-electron chi connectivity index (χ4n) is 6.03. The lowest BCUT2D eigenvalue weighted by molar-refractivity contribution is -0.138. The molecule has 6 aromatic rings. The molecule has 2 aromatic heterocycles. The van der Waals surface area contributed by atoms with Gasteiger partial charge in [-0.2, -0.15) is 36.5 Å². The van der Waals surface area contributed by atoms with Crippen molar-refractivity contribution < 1.29 is 52.7 Å². The van der Waals surface area contributed by atoms with E-state index in [0.29, 0.717) is 42.0 Å². The number of benzene rings is 4. The smallest absolute Gasteiger partial charge is 0.416 e. The molecule has 6 rings (SSSR count). The van der Waals surface area contributed by atoms with Crippen molar-refractivity contribution in [2.24, 2.45) is 5.73 Å². The van der Waals surface area contributed by atoms with E-state index in [9.17, 15) is 43.2 Å². The van der Waals surface area contributed by atoms with Crippen molar-refractivity contribution in [1.82, 2.24) is 24.3 Å². The maximum absolute atomic E-state index is 12.8. The van der Waals surface area contributed by atoms with E-state index >= 15 is 0 Å². The van der Waals surface area contributed by atoms with Gasteiger partial charge < -0.3 is 15.2 Å². The Morgan fingerprint density at radius 3 is 1.28 bits per heavy atom. The summed E-state index contributed by atoms with van der Waals surface area (Å²) in [5.74, 6) is 1.38. The number of nitrogens with zero attached hydrogens (tertiary/aromatic N) is 4. The van der Waals surface area contributed by atoms with Gasteiger partial charge >= 0.3 is 12.4 Å². The van der Waals surface area contributed by atoms with Gasteiger partial charge in [-0.15, -0.1) is 0 Å². The second-order valence-corrected chi connectivity index (χ2v) is 21.0. The van der Waals surface area contributed by atoms with Crippen molar-refractivity contribution in [3.05, 3.63) is 131 Å². The fraction of sp³-hybridized carbons (Fsp3) is 0.348. The summed E-state index contributed by atoms with van der Waals surface area (Å²) in [6.45, 7) is 15.3. The molecular weight excluding hydrogens is 946 g/mol. The van der Waals surface area contributed by atoms with Gasteiger partial charge in [0.25, 0.3) is 0 Å². The fourth-order valence-corrected chi connectivity index (χ4v) is 7.07. The Morgan fingerprint density at radius 1 is 0.582 bits per heavy atom. The summed E-state index contributed by atoms with van der Waals surface area (Å²) in [6, 6.07) is 27.6. The third kappa shape index (κ3) is 15.8. The van der Waals surface area contributed by atoms with Crippen molar-refractivity contribution in [2.45, 2.75) is 91.9 Å². The summed E-state index contributed by atoms with van der Waals surface area (Å²) in [7, 11) is -1.92. The molecule has 0 radical (unpaired) electrons. The van der Waals surface area contributed by atoms with E-state index in [4.69, 9.17) is 15.2 Å². The van der Waals surface area contributed by atoms with Crippen LogP contribution in [-0.4, -0.2) is 47.9 Å². The van der Waals surface area contributed by atoms with Gasteiger partial charge in [-0.3, -0.25) is 0 Å². The number of halogens is 7. The summed E-state index contributed by atoms with van der Waals surface area (Å²) in [6.07, 6.45) is -8.79. The number of hydrogen-bond donors (Lipinski definition) is 2. The molecule has 0 spiro atoms. The molecule has 0 fully saturated rings. The first kappa shape index (κ1) is 54.2. The zero-order chi connectivity index (χ0) is 50.2. The van der Waals surface area contributed by atoms with Gasteiger partial charge in [0.15, 0.2) is 0 Å². The summed E-state index contributed by atoms with van der Waals surface area (Å²) in [5, 5.41) is 9.08. The van der Waals surface area contributed by atoms with Crippen LogP contribution in [0.25, 0.3) is 22.5 Å². The first-order valence-corrected chi connectivity index (χ1v) is 24.9. The standard InChI is InChI=1S/C23H26F3N3O3S.C21H22F3N3O.C2H5ClO2S/c1-5-29-21(32-19-12-10-17(11-13-19)23(24,25)26)15-20(27-29)16-8-7-9-18(14-16)22(3,4)28-33(30,31)6-2;1-4-27-19(28-17-10-8-15(9-11-17)21(22,23)24)13-18(26-27)14-6-5-7-16(12-14)20(2,3)25;1-2-6(3,4)5/h7-15,28H,5-6H2,1-4H3;5-13H,4,25H2,1-3H3;2H2,1H3. The van der Waals surface area contributed by atoms with Crippen LogP contribution in [-0.2, 0) is 55.6 Å². The minimum atomic E-state index is -4.42. The maximum Gasteiger partial charge on any atom is 0.416 e. The van der Waals surface area contributed by atoms with E-state index in [1.165, 1.54) is 31.2 Å². The number of nitrogens with one attached hydrogen (secondary N) is 1. The highest BCUT2D eigenvalue weighted by Crippen LogP contribution is 2.35. The molecule has 0 aliphatic carbocycles. The molecule has 0 saturated heterocycles. The van der Waals surface area contributed by atoms with Crippen molar-refractivity contribution >= 4 is 29.8 Å². The molecule has 4 aromatic carbocycles. The van der Waals surface area contributed by atoms with E-state index in [2.05, 4.69) is 25.6 Å². The molecule has 0 aliphatic heterocycles. The first-order valence-electron chi connectivity index (χ1n) is 20.8. The van der Waals surface area contributed by atoms with Gasteiger partial charge in [-0.25, -0.2) is 30.9 Å². The van der Waals surface area contributed by atoms with Gasteiger partial charge in [0.05, 0.1) is 39.6 Å². The summed E-state index contributed by atoms with van der Waals surface area (Å²) < 4.78 is 138. The molecule has 0 unspecified atom stereocenters. The number of nitrogens with two attached hydrogens (primary N) is 1. The average Bonchev–Trinajstić information content (AvgIpc) is 3.87. The highest BCUT2D eigenvalue weighted by molar-refractivity contribution is 8.13. The Labute approximate surface area is 391 Å². The molecule has 0 saturated carbocycles. The van der Waals surface area contributed by atoms with Crippen LogP contribution in [0.1, 0.15) is 77.6 Å². The Hall–Kier alpha value is -5.41. The molecule has 67 heavy (non-hydrogen) atoms. The molecule has 0 bridgehead atoms. The van der Waals surface area contributed by atoms with E-state index in [1.54, 1.807) is 42.3 Å². The van der Waals surface area contributed by atoms with Gasteiger partial charge in [0, 0.05) is 52.6 Å². The summed E-state index contributed by atoms with van der Waals surface area (Å²) >= 11 is 0. The van der Waals surface area contributed by atoms with E-state index < -0.39 is 53.6 Å². The van der Waals surface area contributed by atoms with Gasteiger partial charge in [-0.05, 0) is 120 Å². The number of rotatable bonds is 14. The molecule has 3 N–H and O–H groups in total. The van der Waals surface area contributed by atoms with Crippen molar-refractivity contribution in [3.8, 4) is 45.8 Å². The van der Waals surface area contributed by atoms with Crippen LogP contribution in [0.4, 0.5) is 26.3 Å². The number of hydrogen-bond acceptors (Lipinski definition) is 9. The predicted molar refractivity (Wildman–Crippen MR) is 248 cm³/mol. The topological polar surface area (TPSA) is 160 Å². The molecule has 364 valence electrons. The van der Waals surface area contributed by atoms with Crippen molar-refractivity contribution in [3.63, 3.8) is 0 Å². The average molecular weight is 1000 g/mol. The monoisotopic (exact) mass is 998 g/mol. The molecule has 21 heteroatoms. The Balaban J connectivity index is 0.000000263. The third-order valence-corrected chi connectivity index (χ3v) is 12.7. The van der Waals surface area contributed by atoms with Crippen molar-refractivity contribution in [2.75, 3.05) is 11.5 Å². The highest BCUT2D eigenvalue weighted by atomic mass is 35.7. The first-order chi connectivity index (χ1) is 31.0. The Morgan fingerprint density at radius 2 is 0.955 bits per heavy atom. The zero-order valence-electron chi connectivity index (χ0n) is 38.0. The molecule has 0 aliphatic rings. The Bertz CT molecular complexity index is 2810. The Kier molecular flexibility index (Phi) is 17.5. The van der Waals surface area contributed by atoms with Crippen LogP contribution >= 0.6 is 10.7 Å². The third-order valence-electron chi connectivity index (χ3n) is 9.81. The minimum Gasteiger partial charge on any atom is -0.439 e. The second kappa shape index (κ2) is 21.7. The van der Waals surface area contributed by atoms with Crippen LogP contribution in [0.3, 0.4) is 0 Å². The van der Waals surface area contributed by atoms with E-state index in [1.807, 2.05) is 76.2 Å². The number of aryl methyl sites for hydroxylation is 2. The summed E-state index contributed by atoms with van der Waals surface area (Å²) in [4.78, 5) is 0. The van der Waals surface area contributed by atoms with Crippen molar-refractivity contribution in [1.29, 1.82) is 0 Å². The van der Waals surface area contributed by atoms with Crippen LogP contribution in [0, 0.1) is 0 Å². The van der Waals surface area contributed by atoms with Crippen LogP contribution in [0.15, 0.2) is 109 Å². The normalized spacial score (nSPS) is 12.4. The number of ether oxygens (including phenoxy) is 2. The number of aromatic nitrogens is 4. The zero-order valence-corrected chi connectivity index (χ0v) is 40.4.